The Bertz CT molecular complexity index is 622. The molecule has 1 aliphatic heterocycles. The predicted octanol–water partition coefficient (Wildman–Crippen LogP) is 3.21. The molecule has 0 bridgehead atoms. The van der Waals surface area contributed by atoms with E-state index in [0.29, 0.717) is 38.3 Å². The van der Waals surface area contributed by atoms with Gasteiger partial charge in [-0.1, -0.05) is 11.6 Å². The van der Waals surface area contributed by atoms with Crippen molar-refractivity contribution in [3.8, 4) is 5.75 Å². The van der Waals surface area contributed by atoms with Crippen LogP contribution in [-0.2, 0) is 4.74 Å². The van der Waals surface area contributed by atoms with Crippen LogP contribution in [0.3, 0.4) is 0 Å². The highest BCUT2D eigenvalue weighted by Crippen LogP contribution is 2.25. The first-order valence-corrected chi connectivity index (χ1v) is 9.14. The van der Waals surface area contributed by atoms with Gasteiger partial charge in [0.2, 0.25) is 0 Å². The number of urea groups is 1. The maximum atomic E-state index is 12.0. The molecule has 1 fully saturated rings. The zero-order chi connectivity index (χ0) is 19.1. The molecule has 2 N–H and O–H groups in total. The first-order valence-electron chi connectivity index (χ1n) is 8.76. The van der Waals surface area contributed by atoms with Crippen LogP contribution in [0.2, 0.25) is 5.02 Å². The van der Waals surface area contributed by atoms with E-state index in [1.807, 2.05) is 26.0 Å². The van der Waals surface area contributed by atoms with Gasteiger partial charge in [0.25, 0.3) is 0 Å². The van der Waals surface area contributed by atoms with Crippen LogP contribution < -0.4 is 15.4 Å². The fourth-order valence-electron chi connectivity index (χ4n) is 2.83. The second kappa shape index (κ2) is 9.52. The summed E-state index contributed by atoms with van der Waals surface area (Å²) in [4.78, 5) is 25.3. The molecule has 1 aliphatic rings. The van der Waals surface area contributed by atoms with Gasteiger partial charge in [-0.15, -0.1) is 0 Å². The summed E-state index contributed by atoms with van der Waals surface area (Å²) >= 11 is 6.12. The highest BCUT2D eigenvalue weighted by Gasteiger charge is 2.24. The van der Waals surface area contributed by atoms with Crippen molar-refractivity contribution in [1.29, 1.82) is 0 Å². The number of hydrogen-bond acceptors (Lipinski definition) is 4. The zero-order valence-corrected chi connectivity index (χ0v) is 16.2. The maximum Gasteiger partial charge on any atom is 0.409 e. The molecule has 1 heterocycles. The molecule has 0 aromatic heterocycles. The lowest BCUT2D eigenvalue weighted by molar-refractivity contribution is 0.0956. The van der Waals surface area contributed by atoms with Crippen molar-refractivity contribution in [2.45, 2.75) is 39.7 Å². The zero-order valence-electron chi connectivity index (χ0n) is 15.4. The van der Waals surface area contributed by atoms with Crippen LogP contribution in [0, 0.1) is 13.8 Å². The van der Waals surface area contributed by atoms with E-state index in [2.05, 4.69) is 10.6 Å². The average Bonchev–Trinajstić information content (AvgIpc) is 2.60. The van der Waals surface area contributed by atoms with Crippen LogP contribution in [0.5, 0.6) is 5.75 Å². The van der Waals surface area contributed by atoms with Gasteiger partial charge < -0.3 is 25.0 Å². The number of amides is 3. The average molecular weight is 384 g/mol. The van der Waals surface area contributed by atoms with Crippen LogP contribution in [0.4, 0.5) is 9.59 Å². The number of nitrogens with zero attached hydrogens (tertiary/aromatic N) is 1. The molecule has 26 heavy (non-hydrogen) atoms. The summed E-state index contributed by atoms with van der Waals surface area (Å²) in [7, 11) is 0. The van der Waals surface area contributed by atoms with Crippen LogP contribution in [0.1, 0.15) is 30.9 Å². The van der Waals surface area contributed by atoms with Crippen molar-refractivity contribution in [2.75, 3.05) is 26.4 Å². The third kappa shape index (κ3) is 5.69. The van der Waals surface area contributed by atoms with E-state index < -0.39 is 0 Å². The Labute approximate surface area is 159 Å². The molecule has 0 aliphatic carbocycles. The highest BCUT2D eigenvalue weighted by atomic mass is 35.5. The van der Waals surface area contributed by atoms with Gasteiger partial charge in [0, 0.05) is 24.2 Å². The Kier molecular flexibility index (Phi) is 7.38. The molecule has 1 aromatic rings. The molecule has 0 radical (unpaired) electrons. The molecular weight excluding hydrogens is 358 g/mol. The molecule has 0 unspecified atom stereocenters. The molecule has 3 amide bonds. The van der Waals surface area contributed by atoms with E-state index in [-0.39, 0.29) is 24.9 Å². The lowest BCUT2D eigenvalue weighted by atomic mass is 10.1. The number of benzene rings is 1. The maximum absolute atomic E-state index is 12.0. The predicted molar refractivity (Wildman–Crippen MR) is 99.7 cm³/mol. The van der Waals surface area contributed by atoms with E-state index in [1.54, 1.807) is 11.8 Å². The van der Waals surface area contributed by atoms with Gasteiger partial charge >= 0.3 is 12.1 Å². The quantitative estimate of drug-likeness (QED) is 0.765. The van der Waals surface area contributed by atoms with Crippen LogP contribution >= 0.6 is 11.6 Å². The summed E-state index contributed by atoms with van der Waals surface area (Å²) in [5, 5.41) is 6.29. The molecule has 0 saturated carbocycles. The first-order chi connectivity index (χ1) is 12.4. The summed E-state index contributed by atoms with van der Waals surface area (Å²) < 4.78 is 10.5. The van der Waals surface area contributed by atoms with E-state index in [1.165, 1.54) is 0 Å². The lowest BCUT2D eigenvalue weighted by Crippen LogP contribution is -2.49. The van der Waals surface area contributed by atoms with Crippen LogP contribution in [0.25, 0.3) is 0 Å². The Morgan fingerprint density at radius 3 is 2.42 bits per heavy atom. The Morgan fingerprint density at radius 2 is 1.85 bits per heavy atom. The molecular formula is C18H26ClN3O4. The van der Waals surface area contributed by atoms with Crippen molar-refractivity contribution in [3.05, 3.63) is 28.3 Å². The largest absolute Gasteiger partial charge is 0.473 e. The number of nitrogens with one attached hydrogen (secondary N) is 2. The van der Waals surface area contributed by atoms with Crippen LogP contribution in [-0.4, -0.2) is 49.5 Å². The molecule has 1 aromatic carbocycles. The number of likely N-dealkylation sites (tertiary alicyclic amines) is 1. The number of piperidine rings is 1. The van der Waals surface area contributed by atoms with Crippen molar-refractivity contribution < 1.29 is 19.1 Å². The van der Waals surface area contributed by atoms with Crippen molar-refractivity contribution in [1.82, 2.24) is 15.5 Å². The molecule has 2 rings (SSSR count). The van der Waals surface area contributed by atoms with Gasteiger partial charge in [-0.2, -0.15) is 0 Å². The van der Waals surface area contributed by atoms with Crippen molar-refractivity contribution in [3.63, 3.8) is 0 Å². The smallest absolute Gasteiger partial charge is 0.409 e. The minimum Gasteiger partial charge on any atom is -0.473 e. The van der Waals surface area contributed by atoms with Gasteiger partial charge in [-0.3, -0.25) is 0 Å². The fraction of sp³-hybridized carbons (Fsp3) is 0.556. The number of halogens is 1. The number of rotatable bonds is 5. The molecule has 0 atom stereocenters. The minimum absolute atomic E-state index is 0.0284. The molecule has 144 valence electrons. The van der Waals surface area contributed by atoms with E-state index in [4.69, 9.17) is 21.1 Å². The summed E-state index contributed by atoms with van der Waals surface area (Å²) in [6.45, 7) is 7.18. The first kappa shape index (κ1) is 20.2. The third-order valence-electron chi connectivity index (χ3n) is 4.24. The summed E-state index contributed by atoms with van der Waals surface area (Å²) in [6, 6.07) is 3.41. The van der Waals surface area contributed by atoms with Crippen LogP contribution in [0.15, 0.2) is 12.1 Å². The SMILES string of the molecule is CCOC(=O)N1CCC(NC(=O)NCOc2cc(C)c(Cl)c(C)c2)CC1. The Hall–Kier alpha value is -2.15. The Morgan fingerprint density at radius 1 is 1.23 bits per heavy atom. The second-order valence-corrected chi connectivity index (χ2v) is 6.65. The minimum atomic E-state index is -0.294. The topological polar surface area (TPSA) is 79.9 Å². The lowest BCUT2D eigenvalue weighted by Gasteiger charge is -2.31. The van der Waals surface area contributed by atoms with Gasteiger partial charge in [0.1, 0.15) is 5.75 Å². The van der Waals surface area contributed by atoms with Gasteiger partial charge in [0.15, 0.2) is 6.73 Å². The highest BCUT2D eigenvalue weighted by molar-refractivity contribution is 6.32. The summed E-state index contributed by atoms with van der Waals surface area (Å²) in [5.41, 5.74) is 1.86. The standard InChI is InChI=1S/C18H26ClN3O4/c1-4-25-18(24)22-7-5-14(6-8-22)21-17(23)20-11-26-15-9-12(2)16(19)13(3)10-15/h9-10,14H,4-8,11H2,1-3H3,(H2,20,21,23). The summed E-state index contributed by atoms with van der Waals surface area (Å²) in [6.07, 6.45) is 1.10. The van der Waals surface area contributed by atoms with E-state index >= 15 is 0 Å². The summed E-state index contributed by atoms with van der Waals surface area (Å²) in [5.74, 6) is 0.660. The van der Waals surface area contributed by atoms with E-state index in [9.17, 15) is 9.59 Å². The number of hydrogen-bond donors (Lipinski definition) is 2. The van der Waals surface area contributed by atoms with Crippen molar-refractivity contribution >= 4 is 23.7 Å². The molecule has 8 heteroatoms. The second-order valence-electron chi connectivity index (χ2n) is 6.27. The molecule has 7 nitrogen and oxygen atoms in total. The van der Waals surface area contributed by atoms with Gasteiger partial charge in [-0.25, -0.2) is 9.59 Å². The monoisotopic (exact) mass is 383 g/mol. The number of carbonyl (C=O) groups excluding carboxylic acids is 2. The number of carbonyl (C=O) groups is 2. The van der Waals surface area contributed by atoms with Crippen molar-refractivity contribution in [2.24, 2.45) is 0 Å². The Balaban J connectivity index is 1.69. The van der Waals surface area contributed by atoms with E-state index in [0.717, 1.165) is 16.1 Å². The number of aryl methyl sites for hydroxylation is 2. The normalized spacial score (nSPS) is 14.7. The van der Waals surface area contributed by atoms with Gasteiger partial charge in [-0.05, 0) is 56.9 Å². The van der Waals surface area contributed by atoms with Gasteiger partial charge in [0.05, 0.1) is 6.61 Å². The fourth-order valence-corrected chi connectivity index (χ4v) is 2.94. The molecule has 0 spiro atoms. The third-order valence-corrected chi connectivity index (χ3v) is 4.83. The number of ether oxygens (including phenoxy) is 2. The molecule has 1 saturated heterocycles.